The van der Waals surface area contributed by atoms with Gasteiger partial charge in [-0.2, -0.15) is 0 Å². The van der Waals surface area contributed by atoms with Gasteiger partial charge in [0.05, 0.1) is 11.1 Å². The molecule has 11 nitrogen and oxygen atoms in total. The molecule has 0 saturated heterocycles. The molecule has 14 heteroatoms. The average Bonchev–Trinajstić information content (AvgIpc) is 3.48. The predicted molar refractivity (Wildman–Crippen MR) is 198 cm³/mol. The summed E-state index contributed by atoms with van der Waals surface area (Å²) in [6.45, 7) is 11.2. The van der Waals surface area contributed by atoms with Crippen molar-refractivity contribution in [1.82, 2.24) is 23.7 Å². The molecule has 0 aliphatic rings. The van der Waals surface area contributed by atoms with Crippen LogP contribution in [-0.2, 0) is 11.5 Å². The highest BCUT2D eigenvalue weighted by molar-refractivity contribution is 6.76. The molecule has 0 bridgehead atoms. The number of carbonyl (C=O) groups is 1. The number of hydrogen-bond acceptors (Lipinski definition) is 7. The van der Waals surface area contributed by atoms with Crippen molar-refractivity contribution >= 4 is 30.7 Å². The number of ether oxygens (including phenoxy) is 2. The van der Waals surface area contributed by atoms with E-state index in [0.717, 1.165) is 46.1 Å². The fourth-order valence-corrected chi connectivity index (χ4v) is 6.29. The Morgan fingerprint density at radius 1 is 0.942 bits per heavy atom. The van der Waals surface area contributed by atoms with Crippen LogP contribution in [0.1, 0.15) is 30.2 Å². The van der Waals surface area contributed by atoms with E-state index in [2.05, 4.69) is 34.9 Å². The molecular weight excluding hydrogens is 687 g/mol. The van der Waals surface area contributed by atoms with Crippen LogP contribution in [0.25, 0.3) is 27.8 Å². The summed E-state index contributed by atoms with van der Waals surface area (Å²) in [5, 5.41) is 3.10. The maximum atomic E-state index is 15.7. The average molecular weight is 725 g/mol. The molecule has 268 valence electrons. The number of anilines is 1. The van der Waals surface area contributed by atoms with Gasteiger partial charge in [0.25, 0.3) is 11.5 Å². The molecule has 0 aliphatic heterocycles. The molecule has 3 aromatic heterocycles. The largest absolute Gasteiger partial charge is 0.435 e. The van der Waals surface area contributed by atoms with Crippen molar-refractivity contribution in [2.45, 2.75) is 52.3 Å². The van der Waals surface area contributed by atoms with Crippen LogP contribution < -0.4 is 21.3 Å². The van der Waals surface area contributed by atoms with E-state index in [9.17, 15) is 18.8 Å². The number of nitrogens with zero attached hydrogens (tertiary/aromatic N) is 5. The van der Waals surface area contributed by atoms with Crippen molar-refractivity contribution < 1.29 is 23.0 Å². The molecule has 52 heavy (non-hydrogen) atoms. The molecule has 3 aromatic carbocycles. The van der Waals surface area contributed by atoms with Crippen molar-refractivity contribution in [1.29, 1.82) is 0 Å². The van der Waals surface area contributed by atoms with Crippen LogP contribution in [0.2, 0.25) is 25.7 Å². The summed E-state index contributed by atoms with van der Waals surface area (Å²) >= 11 is 0. The van der Waals surface area contributed by atoms with Gasteiger partial charge in [0.1, 0.15) is 30.1 Å². The molecule has 0 aliphatic carbocycles. The second-order valence-electron chi connectivity index (χ2n) is 13.7. The maximum Gasteiger partial charge on any atom is 0.335 e. The van der Waals surface area contributed by atoms with Crippen molar-refractivity contribution in [2.24, 2.45) is 0 Å². The lowest BCUT2D eigenvalue weighted by atomic mass is 10.1. The van der Waals surface area contributed by atoms with Crippen LogP contribution in [0.5, 0.6) is 11.6 Å². The van der Waals surface area contributed by atoms with E-state index in [4.69, 9.17) is 9.47 Å². The van der Waals surface area contributed by atoms with E-state index in [1.807, 2.05) is 41.1 Å². The van der Waals surface area contributed by atoms with E-state index < -0.39 is 42.9 Å². The molecule has 0 radical (unpaired) electrons. The molecule has 0 spiro atoms. The Balaban J connectivity index is 1.29. The molecule has 0 fully saturated rings. The first kappa shape index (κ1) is 36.1. The fourth-order valence-electron chi connectivity index (χ4n) is 5.53. The van der Waals surface area contributed by atoms with E-state index in [1.54, 1.807) is 13.8 Å². The number of amides is 1. The highest BCUT2D eigenvalue weighted by atomic mass is 28.3. The van der Waals surface area contributed by atoms with Gasteiger partial charge in [0, 0.05) is 50.4 Å². The standard InChI is InChI=1S/C38H38F2N6O5Si/c1-24(2)45-21-30(37(48)46(38(45)49)28-14-11-26(39)12-15-28)35(47)43-27-13-16-32(31(40)19-27)51-36-33-29(25-9-7-6-8-10-25)20-44(34(33)41-22-42-36)23-50-17-18-52(3,4)5/h6-16,19-22,24H,17-18,23H2,1-5H3,(H,43,47). The number of rotatable bonds is 12. The minimum absolute atomic E-state index is 0.0318. The van der Waals surface area contributed by atoms with Crippen molar-refractivity contribution in [3.63, 3.8) is 0 Å². The molecular formula is C38H38F2N6O5Si. The summed E-state index contributed by atoms with van der Waals surface area (Å²) in [7, 11) is -1.29. The van der Waals surface area contributed by atoms with Gasteiger partial charge in [-0.25, -0.2) is 28.1 Å². The fraction of sp³-hybridized carbons (Fsp3) is 0.237. The molecule has 0 unspecified atom stereocenters. The Kier molecular flexibility index (Phi) is 10.3. The predicted octanol–water partition coefficient (Wildman–Crippen LogP) is 7.63. The Labute approximate surface area is 299 Å². The molecule has 1 N–H and O–H groups in total. The summed E-state index contributed by atoms with van der Waals surface area (Å²) in [5.74, 6) is -2.28. The summed E-state index contributed by atoms with van der Waals surface area (Å²) < 4.78 is 45.2. The van der Waals surface area contributed by atoms with E-state index in [0.29, 0.717) is 17.6 Å². The van der Waals surface area contributed by atoms with Gasteiger partial charge >= 0.3 is 5.69 Å². The Morgan fingerprint density at radius 2 is 1.67 bits per heavy atom. The minimum atomic E-state index is -1.29. The maximum absolute atomic E-state index is 15.7. The topological polar surface area (TPSA) is 122 Å². The SMILES string of the molecule is CC(C)n1cc(C(=O)Nc2ccc(Oc3ncnc4c3c(-c3ccccc3)cn4COCC[Si](C)(C)C)c(F)c2)c(=O)n(-c2ccc(F)cc2)c1=O. The van der Waals surface area contributed by atoms with Crippen LogP contribution in [0.15, 0.2) is 101 Å². The summed E-state index contributed by atoms with van der Waals surface area (Å²) in [6, 6.07) is 18.8. The molecule has 3 heterocycles. The molecule has 0 atom stereocenters. The van der Waals surface area contributed by atoms with Crippen LogP contribution in [-0.4, -0.2) is 44.3 Å². The highest BCUT2D eigenvalue weighted by Crippen LogP contribution is 2.37. The second-order valence-corrected chi connectivity index (χ2v) is 19.4. The monoisotopic (exact) mass is 724 g/mol. The van der Waals surface area contributed by atoms with Gasteiger partial charge in [0.2, 0.25) is 5.88 Å². The lowest BCUT2D eigenvalue weighted by Crippen LogP contribution is -2.42. The Bertz CT molecular complexity index is 2370. The number of benzene rings is 3. The number of nitrogens with one attached hydrogen (secondary N) is 1. The first-order valence-corrected chi connectivity index (χ1v) is 20.4. The Morgan fingerprint density at radius 3 is 2.35 bits per heavy atom. The molecule has 6 aromatic rings. The van der Waals surface area contributed by atoms with Crippen molar-refractivity contribution in [2.75, 3.05) is 11.9 Å². The first-order valence-electron chi connectivity index (χ1n) is 16.7. The van der Waals surface area contributed by atoms with Crippen LogP contribution >= 0.6 is 0 Å². The van der Waals surface area contributed by atoms with E-state index >= 15 is 4.39 Å². The van der Waals surface area contributed by atoms with Gasteiger partial charge in [0.15, 0.2) is 11.6 Å². The van der Waals surface area contributed by atoms with E-state index in [-0.39, 0.29) is 35.3 Å². The third-order valence-corrected chi connectivity index (χ3v) is 10.0. The van der Waals surface area contributed by atoms with Crippen molar-refractivity contribution in [3.8, 4) is 28.4 Å². The lowest BCUT2D eigenvalue weighted by Gasteiger charge is -2.16. The molecule has 1 amide bonds. The number of fused-ring (bicyclic) bond motifs is 1. The minimum Gasteiger partial charge on any atom is -0.435 e. The molecule has 0 saturated carbocycles. The number of halogens is 2. The third kappa shape index (κ3) is 7.77. The van der Waals surface area contributed by atoms with Crippen LogP contribution in [0.4, 0.5) is 14.5 Å². The van der Waals surface area contributed by atoms with Gasteiger partial charge < -0.3 is 19.4 Å². The normalized spacial score (nSPS) is 11.7. The zero-order valence-corrected chi connectivity index (χ0v) is 30.4. The van der Waals surface area contributed by atoms with Crippen LogP contribution in [0, 0.1) is 11.6 Å². The zero-order valence-electron chi connectivity index (χ0n) is 29.4. The summed E-state index contributed by atoms with van der Waals surface area (Å²) in [6.07, 6.45) is 4.41. The first-order chi connectivity index (χ1) is 24.8. The smallest absolute Gasteiger partial charge is 0.335 e. The summed E-state index contributed by atoms with van der Waals surface area (Å²) in [5.41, 5.74) is 0.347. The second kappa shape index (κ2) is 14.9. The van der Waals surface area contributed by atoms with E-state index in [1.165, 1.54) is 35.2 Å². The lowest BCUT2D eigenvalue weighted by molar-refractivity contribution is 0.0899. The van der Waals surface area contributed by atoms with Crippen molar-refractivity contribution in [3.05, 3.63) is 130 Å². The molecule has 6 rings (SSSR count). The zero-order chi connectivity index (χ0) is 37.2. The van der Waals surface area contributed by atoms with Gasteiger partial charge in [-0.15, -0.1) is 0 Å². The van der Waals surface area contributed by atoms with Gasteiger partial charge in [-0.3, -0.25) is 14.2 Å². The van der Waals surface area contributed by atoms with Gasteiger partial charge in [-0.1, -0.05) is 50.0 Å². The number of aromatic nitrogens is 5. The third-order valence-electron chi connectivity index (χ3n) is 8.33. The van der Waals surface area contributed by atoms with Gasteiger partial charge in [-0.05, 0) is 61.9 Å². The highest BCUT2D eigenvalue weighted by Gasteiger charge is 2.22. The number of hydrogen-bond donors (Lipinski definition) is 1. The Hall–Kier alpha value is -5.73. The summed E-state index contributed by atoms with van der Waals surface area (Å²) in [4.78, 5) is 48.9. The quantitative estimate of drug-likeness (QED) is 0.102. The number of carbonyl (C=O) groups excluding carboxylic acids is 1. The van der Waals surface area contributed by atoms with Crippen LogP contribution in [0.3, 0.4) is 0 Å².